The predicted molar refractivity (Wildman–Crippen MR) is 88.7 cm³/mol. The molecule has 0 atom stereocenters. The van der Waals surface area contributed by atoms with Crippen molar-refractivity contribution in [2.45, 2.75) is 19.8 Å². The maximum atomic E-state index is 4.99. The summed E-state index contributed by atoms with van der Waals surface area (Å²) in [5.41, 5.74) is 1.25. The smallest absolute Gasteiger partial charge is 0.157 e. The minimum atomic E-state index is 0.759. The molecule has 0 radical (unpaired) electrons. The van der Waals surface area contributed by atoms with E-state index in [0.29, 0.717) is 0 Å². The molecule has 20 heavy (non-hydrogen) atoms. The van der Waals surface area contributed by atoms with Crippen molar-refractivity contribution in [3.05, 3.63) is 20.4 Å². The SMILES string of the molecule is COCCNCCCc1nnc(-c2cc(C)c(Br)s2)s1. The van der Waals surface area contributed by atoms with Gasteiger partial charge >= 0.3 is 0 Å². The Morgan fingerprint density at radius 2 is 2.15 bits per heavy atom. The van der Waals surface area contributed by atoms with Crippen molar-refractivity contribution in [3.63, 3.8) is 0 Å². The number of nitrogens with one attached hydrogen (secondary N) is 1. The van der Waals surface area contributed by atoms with Crippen LogP contribution in [-0.2, 0) is 11.2 Å². The molecule has 0 aromatic carbocycles. The molecule has 0 aliphatic rings. The van der Waals surface area contributed by atoms with Crippen LogP contribution in [0.3, 0.4) is 0 Å². The van der Waals surface area contributed by atoms with Gasteiger partial charge < -0.3 is 10.1 Å². The van der Waals surface area contributed by atoms with Crippen LogP contribution in [0.5, 0.6) is 0 Å². The maximum Gasteiger partial charge on any atom is 0.157 e. The van der Waals surface area contributed by atoms with Gasteiger partial charge in [-0.3, -0.25) is 0 Å². The van der Waals surface area contributed by atoms with Gasteiger partial charge in [0.15, 0.2) is 5.01 Å². The molecular formula is C13H18BrN3OS2. The zero-order valence-electron chi connectivity index (χ0n) is 11.6. The Morgan fingerprint density at radius 1 is 1.30 bits per heavy atom. The Hall–Kier alpha value is -0.340. The fourth-order valence-electron chi connectivity index (χ4n) is 1.68. The van der Waals surface area contributed by atoms with E-state index in [1.165, 1.54) is 14.2 Å². The highest BCUT2D eigenvalue weighted by molar-refractivity contribution is 9.11. The lowest BCUT2D eigenvalue weighted by atomic mass is 10.3. The predicted octanol–water partition coefficient (Wildman–Crippen LogP) is 3.51. The first-order valence-corrected chi connectivity index (χ1v) is 8.91. The van der Waals surface area contributed by atoms with Gasteiger partial charge in [-0.2, -0.15) is 0 Å². The highest BCUT2D eigenvalue weighted by Gasteiger charge is 2.10. The van der Waals surface area contributed by atoms with Crippen LogP contribution in [0.2, 0.25) is 0 Å². The van der Waals surface area contributed by atoms with Crippen molar-refractivity contribution < 1.29 is 4.74 Å². The molecule has 2 rings (SSSR count). The molecule has 0 saturated heterocycles. The number of rotatable bonds is 8. The Labute approximate surface area is 135 Å². The first-order valence-electron chi connectivity index (χ1n) is 6.49. The Kier molecular flexibility index (Phi) is 6.57. The number of halogens is 1. The van der Waals surface area contributed by atoms with Gasteiger partial charge in [-0.15, -0.1) is 21.5 Å². The fourth-order valence-corrected chi connectivity index (χ4v) is 4.14. The van der Waals surface area contributed by atoms with Crippen LogP contribution in [0, 0.1) is 6.92 Å². The quantitative estimate of drug-likeness (QED) is 0.717. The zero-order chi connectivity index (χ0) is 14.4. The van der Waals surface area contributed by atoms with Gasteiger partial charge in [0, 0.05) is 20.1 Å². The molecule has 0 saturated carbocycles. The summed E-state index contributed by atoms with van der Waals surface area (Å²) in [7, 11) is 1.72. The molecule has 0 aliphatic carbocycles. The monoisotopic (exact) mass is 375 g/mol. The van der Waals surface area contributed by atoms with E-state index < -0.39 is 0 Å². The van der Waals surface area contributed by atoms with Gasteiger partial charge in [0.05, 0.1) is 15.3 Å². The summed E-state index contributed by atoms with van der Waals surface area (Å²) in [5.74, 6) is 0. The fraction of sp³-hybridized carbons (Fsp3) is 0.538. The van der Waals surface area contributed by atoms with Crippen LogP contribution in [0.1, 0.15) is 17.0 Å². The van der Waals surface area contributed by atoms with E-state index in [-0.39, 0.29) is 0 Å². The summed E-state index contributed by atoms with van der Waals surface area (Å²) in [5, 5.41) is 14.0. The molecule has 4 nitrogen and oxygen atoms in total. The Morgan fingerprint density at radius 3 is 2.85 bits per heavy atom. The lowest BCUT2D eigenvalue weighted by Crippen LogP contribution is -2.20. The largest absolute Gasteiger partial charge is 0.383 e. The van der Waals surface area contributed by atoms with Gasteiger partial charge in [-0.25, -0.2) is 0 Å². The third-order valence-electron chi connectivity index (χ3n) is 2.76. The van der Waals surface area contributed by atoms with Crippen molar-refractivity contribution in [2.75, 3.05) is 26.8 Å². The van der Waals surface area contributed by atoms with Crippen LogP contribution in [0.4, 0.5) is 0 Å². The lowest BCUT2D eigenvalue weighted by molar-refractivity contribution is 0.199. The summed E-state index contributed by atoms with van der Waals surface area (Å²) >= 11 is 6.96. The van der Waals surface area contributed by atoms with Gasteiger partial charge in [0.1, 0.15) is 5.01 Å². The molecule has 2 aromatic heterocycles. The molecule has 1 N–H and O–H groups in total. The van der Waals surface area contributed by atoms with Crippen LogP contribution in [-0.4, -0.2) is 37.0 Å². The van der Waals surface area contributed by atoms with Crippen LogP contribution in [0.25, 0.3) is 9.88 Å². The van der Waals surface area contributed by atoms with E-state index in [1.807, 2.05) is 0 Å². The number of aromatic nitrogens is 2. The van der Waals surface area contributed by atoms with Crippen molar-refractivity contribution in [3.8, 4) is 9.88 Å². The average Bonchev–Trinajstić information content (AvgIpc) is 3.02. The third-order valence-corrected chi connectivity index (χ3v) is 6.05. The van der Waals surface area contributed by atoms with E-state index in [1.54, 1.807) is 29.8 Å². The van der Waals surface area contributed by atoms with Crippen molar-refractivity contribution >= 4 is 38.6 Å². The number of ether oxygens (including phenoxy) is 1. The summed E-state index contributed by atoms with van der Waals surface area (Å²) in [6, 6.07) is 2.16. The number of methoxy groups -OCH3 is 1. The lowest BCUT2D eigenvalue weighted by Gasteiger charge is -2.01. The molecule has 0 unspecified atom stereocenters. The normalized spacial score (nSPS) is 11.2. The molecule has 7 heteroatoms. The molecule has 0 amide bonds. The van der Waals surface area contributed by atoms with Crippen LogP contribution in [0.15, 0.2) is 9.85 Å². The van der Waals surface area contributed by atoms with E-state index in [4.69, 9.17) is 4.74 Å². The van der Waals surface area contributed by atoms with Gasteiger partial charge in [-0.1, -0.05) is 11.3 Å². The molecule has 0 bridgehead atoms. The Bertz CT molecular complexity index is 522. The van der Waals surface area contributed by atoms with Crippen LogP contribution >= 0.6 is 38.6 Å². The minimum absolute atomic E-state index is 0.759. The number of hydrogen-bond acceptors (Lipinski definition) is 6. The second-order valence-electron chi connectivity index (χ2n) is 4.41. The molecule has 2 heterocycles. The number of hydrogen-bond donors (Lipinski definition) is 1. The van der Waals surface area contributed by atoms with Crippen molar-refractivity contribution in [2.24, 2.45) is 0 Å². The van der Waals surface area contributed by atoms with E-state index in [9.17, 15) is 0 Å². The highest BCUT2D eigenvalue weighted by atomic mass is 79.9. The van der Waals surface area contributed by atoms with Crippen LogP contribution < -0.4 is 5.32 Å². The van der Waals surface area contributed by atoms with E-state index in [0.717, 1.165) is 42.6 Å². The number of nitrogens with zero attached hydrogens (tertiary/aromatic N) is 2. The van der Waals surface area contributed by atoms with Crippen molar-refractivity contribution in [1.29, 1.82) is 0 Å². The minimum Gasteiger partial charge on any atom is -0.383 e. The topological polar surface area (TPSA) is 47.0 Å². The zero-order valence-corrected chi connectivity index (χ0v) is 14.8. The highest BCUT2D eigenvalue weighted by Crippen LogP contribution is 2.36. The number of thiophene rings is 1. The standard InChI is InChI=1S/C13H18BrN3OS2/c1-9-8-10(19-12(9)14)13-17-16-11(20-13)4-3-5-15-6-7-18-2/h8,15H,3-7H2,1-2H3. The molecule has 110 valence electrons. The van der Waals surface area contributed by atoms with Crippen molar-refractivity contribution in [1.82, 2.24) is 15.5 Å². The van der Waals surface area contributed by atoms with Gasteiger partial charge in [0.25, 0.3) is 0 Å². The second kappa shape index (κ2) is 8.19. The maximum absolute atomic E-state index is 4.99. The molecule has 0 spiro atoms. The van der Waals surface area contributed by atoms with Gasteiger partial charge in [-0.05, 0) is 47.4 Å². The molecule has 0 fully saturated rings. The first kappa shape index (κ1) is 16.0. The second-order valence-corrected chi connectivity index (χ2v) is 7.85. The van der Waals surface area contributed by atoms with E-state index in [2.05, 4.69) is 44.4 Å². The average molecular weight is 376 g/mol. The summed E-state index contributed by atoms with van der Waals surface area (Å²) in [6.45, 7) is 4.75. The number of aryl methyl sites for hydroxylation is 2. The molecule has 2 aromatic rings. The first-order chi connectivity index (χ1) is 9.70. The Balaban J connectivity index is 1.80. The molecule has 0 aliphatic heterocycles. The van der Waals surface area contributed by atoms with E-state index >= 15 is 0 Å². The van der Waals surface area contributed by atoms with Gasteiger partial charge in [0.2, 0.25) is 0 Å². The molecular weight excluding hydrogens is 358 g/mol. The summed E-state index contributed by atoms with van der Waals surface area (Å²) in [6.07, 6.45) is 2.05. The third kappa shape index (κ3) is 4.60. The summed E-state index contributed by atoms with van der Waals surface area (Å²) < 4.78 is 6.16. The summed E-state index contributed by atoms with van der Waals surface area (Å²) in [4.78, 5) is 1.19.